The third-order valence-corrected chi connectivity index (χ3v) is 3.26. The monoisotopic (exact) mass is 306 g/mol. The van der Waals surface area contributed by atoms with Crippen molar-refractivity contribution in [2.75, 3.05) is 0 Å². The van der Waals surface area contributed by atoms with E-state index >= 15 is 0 Å². The van der Waals surface area contributed by atoms with Gasteiger partial charge in [-0.1, -0.05) is 77.1 Å². The van der Waals surface area contributed by atoms with E-state index in [1.54, 1.807) is 0 Å². The lowest BCUT2D eigenvalue weighted by atomic mass is 10.1. The lowest BCUT2D eigenvalue weighted by Gasteiger charge is -2.07. The number of benzene rings is 2. The number of rotatable bonds is 0. The first kappa shape index (κ1) is 17.0. The Morgan fingerprint density at radius 1 is 0.783 bits per heavy atom. The highest BCUT2D eigenvalue weighted by molar-refractivity contribution is 6.11. The summed E-state index contributed by atoms with van der Waals surface area (Å²) < 4.78 is 2.15. The normalized spacial score (nSPS) is 10.3. The van der Waals surface area contributed by atoms with Crippen LogP contribution in [0, 0.1) is 5.92 Å². The topological polar surface area (TPSA) is 17.3 Å². The molecule has 2 nitrogen and oxygen atoms in total. The van der Waals surface area contributed by atoms with Crippen molar-refractivity contribution in [2.45, 2.75) is 34.6 Å². The summed E-state index contributed by atoms with van der Waals surface area (Å²) in [5, 5.41) is 3.74. The van der Waals surface area contributed by atoms with Crippen LogP contribution in [0.3, 0.4) is 0 Å². The molecule has 120 valence electrons. The maximum absolute atomic E-state index is 4.46. The van der Waals surface area contributed by atoms with E-state index in [0.29, 0.717) is 0 Å². The van der Waals surface area contributed by atoms with Crippen molar-refractivity contribution < 1.29 is 0 Å². The Balaban J connectivity index is 0.000000283. The molecule has 0 aliphatic carbocycles. The van der Waals surface area contributed by atoms with Gasteiger partial charge in [0.1, 0.15) is 5.65 Å². The average molecular weight is 306 g/mol. The number of nitrogens with zero attached hydrogens (tertiary/aromatic N) is 2. The molecule has 0 radical (unpaired) electrons. The van der Waals surface area contributed by atoms with Gasteiger partial charge in [0.05, 0.1) is 5.52 Å². The first-order valence-corrected chi connectivity index (χ1v) is 8.41. The molecule has 0 fully saturated rings. The van der Waals surface area contributed by atoms with E-state index in [9.17, 15) is 0 Å². The summed E-state index contributed by atoms with van der Waals surface area (Å²) in [6.07, 6.45) is 3.87. The molecule has 2 heteroatoms. The SMILES string of the molecule is CC.CC(C)C.c1ccc2c(c1)c1ccccc1n1ccnc21. The van der Waals surface area contributed by atoms with Crippen LogP contribution in [0.15, 0.2) is 60.9 Å². The van der Waals surface area contributed by atoms with Crippen molar-refractivity contribution in [3.8, 4) is 0 Å². The van der Waals surface area contributed by atoms with Crippen molar-refractivity contribution >= 4 is 27.3 Å². The average Bonchev–Trinajstić information content (AvgIpc) is 3.07. The minimum absolute atomic E-state index is 0.833. The summed E-state index contributed by atoms with van der Waals surface area (Å²) in [5.74, 6) is 0.833. The van der Waals surface area contributed by atoms with Gasteiger partial charge in [0.2, 0.25) is 0 Å². The Labute approximate surface area is 138 Å². The van der Waals surface area contributed by atoms with Crippen LogP contribution in [0.4, 0.5) is 0 Å². The van der Waals surface area contributed by atoms with Crippen molar-refractivity contribution in [1.82, 2.24) is 9.38 Å². The number of hydrogen-bond acceptors (Lipinski definition) is 1. The van der Waals surface area contributed by atoms with Crippen LogP contribution in [0.1, 0.15) is 34.6 Å². The molecule has 4 rings (SSSR count). The fourth-order valence-corrected chi connectivity index (χ4v) is 2.52. The van der Waals surface area contributed by atoms with Gasteiger partial charge in [-0.15, -0.1) is 0 Å². The number of hydrogen-bond donors (Lipinski definition) is 0. The van der Waals surface area contributed by atoms with Gasteiger partial charge in [0, 0.05) is 23.2 Å². The lowest BCUT2D eigenvalue weighted by molar-refractivity contribution is 0.737. The Bertz CT molecular complexity index is 815. The molecular weight excluding hydrogens is 280 g/mol. The third-order valence-electron chi connectivity index (χ3n) is 3.26. The van der Waals surface area contributed by atoms with E-state index in [2.05, 4.69) is 78.7 Å². The summed E-state index contributed by atoms with van der Waals surface area (Å²) in [5.41, 5.74) is 2.23. The van der Waals surface area contributed by atoms with Gasteiger partial charge in [-0.25, -0.2) is 4.98 Å². The van der Waals surface area contributed by atoms with Crippen molar-refractivity contribution in [2.24, 2.45) is 5.92 Å². The van der Waals surface area contributed by atoms with Gasteiger partial charge < -0.3 is 0 Å². The van der Waals surface area contributed by atoms with Crippen LogP contribution in [0.2, 0.25) is 0 Å². The Morgan fingerprint density at radius 3 is 1.96 bits per heavy atom. The fraction of sp³-hybridized carbons (Fsp3) is 0.286. The molecule has 2 heterocycles. The van der Waals surface area contributed by atoms with E-state index in [0.717, 1.165) is 11.6 Å². The second-order valence-electron chi connectivity index (χ2n) is 5.92. The minimum Gasteiger partial charge on any atom is -0.299 e. The van der Waals surface area contributed by atoms with Gasteiger partial charge in [-0.05, 0) is 17.4 Å². The van der Waals surface area contributed by atoms with Crippen molar-refractivity contribution in [3.63, 3.8) is 0 Å². The number of para-hydroxylation sites is 1. The molecular formula is C21H26N2. The number of imidazole rings is 1. The molecule has 0 aliphatic heterocycles. The van der Waals surface area contributed by atoms with Gasteiger partial charge in [-0.2, -0.15) is 0 Å². The maximum atomic E-state index is 4.46. The highest BCUT2D eigenvalue weighted by atomic mass is 15.0. The third kappa shape index (κ3) is 3.53. The quantitative estimate of drug-likeness (QED) is 0.347. The van der Waals surface area contributed by atoms with Crippen LogP contribution in [0.5, 0.6) is 0 Å². The smallest absolute Gasteiger partial charge is 0.145 e. The van der Waals surface area contributed by atoms with Crippen LogP contribution in [0.25, 0.3) is 27.3 Å². The Kier molecular flexibility index (Phi) is 5.75. The summed E-state index contributed by atoms with van der Waals surface area (Å²) in [4.78, 5) is 4.46. The number of aromatic nitrogens is 2. The predicted molar refractivity (Wildman–Crippen MR) is 102 cm³/mol. The van der Waals surface area contributed by atoms with Crippen molar-refractivity contribution in [3.05, 3.63) is 60.9 Å². The van der Waals surface area contributed by atoms with Gasteiger partial charge in [0.15, 0.2) is 0 Å². The second kappa shape index (κ2) is 7.77. The Morgan fingerprint density at radius 2 is 1.30 bits per heavy atom. The molecule has 0 aliphatic rings. The molecule has 2 aromatic carbocycles. The first-order chi connectivity index (χ1) is 11.2. The zero-order valence-electron chi connectivity index (χ0n) is 14.7. The van der Waals surface area contributed by atoms with E-state index in [-0.39, 0.29) is 0 Å². The van der Waals surface area contributed by atoms with Crippen LogP contribution in [-0.2, 0) is 0 Å². The molecule has 0 atom stereocenters. The highest BCUT2D eigenvalue weighted by Gasteiger charge is 2.07. The second-order valence-corrected chi connectivity index (χ2v) is 5.92. The fourth-order valence-electron chi connectivity index (χ4n) is 2.52. The van der Waals surface area contributed by atoms with E-state index in [1.807, 2.05) is 26.2 Å². The molecule has 2 aromatic heterocycles. The first-order valence-electron chi connectivity index (χ1n) is 8.41. The highest BCUT2D eigenvalue weighted by Crippen LogP contribution is 2.28. The molecule has 0 unspecified atom stereocenters. The largest absolute Gasteiger partial charge is 0.299 e. The lowest BCUT2D eigenvalue weighted by Crippen LogP contribution is -1.89. The van der Waals surface area contributed by atoms with Gasteiger partial charge in [0.25, 0.3) is 0 Å². The predicted octanol–water partition coefficient (Wildman–Crippen LogP) is 6.33. The summed E-state index contributed by atoms with van der Waals surface area (Å²) in [7, 11) is 0. The van der Waals surface area contributed by atoms with Crippen LogP contribution in [-0.4, -0.2) is 9.38 Å². The molecule has 0 spiro atoms. The Hall–Kier alpha value is -2.35. The number of pyridine rings is 1. The molecule has 0 saturated carbocycles. The molecule has 0 N–H and O–H groups in total. The molecule has 23 heavy (non-hydrogen) atoms. The zero-order valence-corrected chi connectivity index (χ0v) is 14.7. The molecule has 0 saturated heterocycles. The summed E-state index contributed by atoms with van der Waals surface area (Å²) >= 11 is 0. The van der Waals surface area contributed by atoms with Crippen molar-refractivity contribution in [1.29, 1.82) is 0 Å². The van der Waals surface area contributed by atoms with Gasteiger partial charge >= 0.3 is 0 Å². The zero-order chi connectivity index (χ0) is 16.8. The van der Waals surface area contributed by atoms with Crippen LogP contribution >= 0.6 is 0 Å². The standard InChI is InChI=1S/C15H10N2.C4H10.C2H6/c1-2-7-13-11(5-1)12-6-3-4-8-14(12)17-10-9-16-15(13)17;1-4(2)3;1-2/h1-10H;4H,1-3H3;1-2H3. The van der Waals surface area contributed by atoms with Crippen LogP contribution < -0.4 is 0 Å². The maximum Gasteiger partial charge on any atom is 0.145 e. The molecule has 0 amide bonds. The van der Waals surface area contributed by atoms with E-state index in [4.69, 9.17) is 0 Å². The molecule has 0 bridgehead atoms. The summed E-state index contributed by atoms with van der Waals surface area (Å²) in [6.45, 7) is 10.5. The van der Waals surface area contributed by atoms with E-state index < -0.39 is 0 Å². The molecule has 4 aromatic rings. The summed E-state index contributed by atoms with van der Waals surface area (Å²) in [6, 6.07) is 16.9. The van der Waals surface area contributed by atoms with E-state index in [1.165, 1.54) is 21.7 Å². The minimum atomic E-state index is 0.833. The number of fused-ring (bicyclic) bond motifs is 6. The van der Waals surface area contributed by atoms with Gasteiger partial charge in [-0.3, -0.25) is 4.40 Å².